The minimum atomic E-state index is 0.283. The maximum atomic E-state index is 5.89. The van der Waals surface area contributed by atoms with E-state index in [9.17, 15) is 0 Å². The maximum absolute atomic E-state index is 5.89. The number of hydrogen-bond donors (Lipinski definition) is 1. The molecule has 1 heterocycles. The van der Waals surface area contributed by atoms with Crippen molar-refractivity contribution < 1.29 is 9.47 Å². The molecule has 0 spiro atoms. The van der Waals surface area contributed by atoms with Crippen molar-refractivity contribution in [2.75, 3.05) is 13.8 Å². The van der Waals surface area contributed by atoms with Crippen LogP contribution >= 0.6 is 0 Å². The van der Waals surface area contributed by atoms with Crippen LogP contribution in [0.2, 0.25) is 0 Å². The molecule has 4 heteroatoms. The van der Waals surface area contributed by atoms with Crippen molar-refractivity contribution in [3.63, 3.8) is 0 Å². The molecule has 0 fully saturated rings. The fraction of sp³-hybridized carbons (Fsp3) is 0.167. The number of nitrogens with zero attached hydrogens (tertiary/aromatic N) is 1. The summed E-state index contributed by atoms with van der Waals surface area (Å²) in [6.07, 6.45) is 13.7. The summed E-state index contributed by atoms with van der Waals surface area (Å²) in [7, 11) is 1.78. The highest BCUT2D eigenvalue weighted by molar-refractivity contribution is 6.16. The van der Waals surface area contributed by atoms with E-state index in [2.05, 4.69) is 24.8 Å². The number of rotatable bonds is 1. The Kier molecular flexibility index (Phi) is 4.70. The highest BCUT2D eigenvalue weighted by Gasteiger charge is 2.16. The zero-order chi connectivity index (χ0) is 16.1. The highest BCUT2D eigenvalue weighted by atomic mass is 16.7. The summed E-state index contributed by atoms with van der Waals surface area (Å²) in [6.45, 7) is 2.34. The fourth-order valence-electron chi connectivity index (χ4n) is 2.33. The lowest BCUT2D eigenvalue weighted by Gasteiger charge is -2.13. The first kappa shape index (κ1) is 15.5. The molecular formula is C18H18N2O2. The molecule has 0 saturated carbocycles. The van der Waals surface area contributed by atoms with Crippen molar-refractivity contribution in [3.8, 4) is 24.3 Å². The third-order valence-corrected chi connectivity index (χ3v) is 3.47. The van der Waals surface area contributed by atoms with Crippen LogP contribution in [-0.2, 0) is 0 Å². The van der Waals surface area contributed by atoms with E-state index in [1.807, 2.05) is 36.4 Å². The van der Waals surface area contributed by atoms with Crippen LogP contribution in [-0.4, -0.2) is 19.6 Å². The van der Waals surface area contributed by atoms with E-state index in [0.29, 0.717) is 0 Å². The summed E-state index contributed by atoms with van der Waals surface area (Å²) in [5, 5.41) is 0. The summed E-state index contributed by atoms with van der Waals surface area (Å²) in [5.74, 6) is 1.57. The fourth-order valence-corrected chi connectivity index (χ4v) is 2.33. The van der Waals surface area contributed by atoms with Gasteiger partial charge in [-0.05, 0) is 48.4 Å². The number of benzene rings is 1. The normalized spacial score (nSPS) is 19.3. The van der Waals surface area contributed by atoms with Crippen molar-refractivity contribution in [1.82, 2.24) is 0 Å². The third-order valence-electron chi connectivity index (χ3n) is 3.47. The number of ether oxygens (including phenoxy) is 2. The standard InChI is InChI=1S/C16H16N2O2.C2H2/c1-10(13-8-12(17)4-5-14(13)18-2)11-3-6-15-16(7-11)20-9-19-15;1-2/h3-8H,9,17H2,1-2H3;1-2H/b13-10+,18-14?;. The maximum Gasteiger partial charge on any atom is 0.231 e. The van der Waals surface area contributed by atoms with Gasteiger partial charge >= 0.3 is 0 Å². The Labute approximate surface area is 130 Å². The lowest BCUT2D eigenvalue weighted by Crippen LogP contribution is -2.08. The van der Waals surface area contributed by atoms with Gasteiger partial charge in [0, 0.05) is 18.3 Å². The van der Waals surface area contributed by atoms with Gasteiger partial charge in [-0.15, -0.1) is 12.8 Å². The van der Waals surface area contributed by atoms with Crippen LogP contribution in [0.3, 0.4) is 0 Å². The molecule has 0 bridgehead atoms. The van der Waals surface area contributed by atoms with Gasteiger partial charge in [-0.25, -0.2) is 0 Å². The van der Waals surface area contributed by atoms with Crippen LogP contribution in [0, 0.1) is 12.8 Å². The Morgan fingerprint density at radius 1 is 1.18 bits per heavy atom. The van der Waals surface area contributed by atoms with E-state index in [-0.39, 0.29) is 6.79 Å². The Balaban J connectivity index is 0.000000847. The highest BCUT2D eigenvalue weighted by Crippen LogP contribution is 2.35. The first-order valence-corrected chi connectivity index (χ1v) is 6.75. The van der Waals surface area contributed by atoms with Crippen LogP contribution in [0.15, 0.2) is 52.7 Å². The molecule has 0 saturated heterocycles. The molecular weight excluding hydrogens is 276 g/mol. The molecule has 0 unspecified atom stereocenters. The molecule has 4 nitrogen and oxygen atoms in total. The third kappa shape index (κ3) is 2.89. The second kappa shape index (κ2) is 6.68. The van der Waals surface area contributed by atoms with Crippen LogP contribution in [0.25, 0.3) is 5.57 Å². The van der Waals surface area contributed by atoms with Gasteiger partial charge in [0.1, 0.15) is 0 Å². The lowest BCUT2D eigenvalue weighted by atomic mass is 9.94. The summed E-state index contributed by atoms with van der Waals surface area (Å²) < 4.78 is 10.8. The van der Waals surface area contributed by atoms with E-state index < -0.39 is 0 Å². The molecule has 1 aliphatic heterocycles. The van der Waals surface area contributed by atoms with Gasteiger partial charge in [-0.3, -0.25) is 4.99 Å². The average molecular weight is 294 g/mol. The van der Waals surface area contributed by atoms with Gasteiger partial charge in [0.05, 0.1) is 5.71 Å². The Morgan fingerprint density at radius 3 is 2.64 bits per heavy atom. The van der Waals surface area contributed by atoms with Crippen LogP contribution in [0.1, 0.15) is 12.5 Å². The van der Waals surface area contributed by atoms with E-state index >= 15 is 0 Å². The van der Waals surface area contributed by atoms with E-state index in [4.69, 9.17) is 15.2 Å². The molecule has 2 N–H and O–H groups in total. The Morgan fingerprint density at radius 2 is 1.91 bits per heavy atom. The quantitative estimate of drug-likeness (QED) is 0.810. The molecule has 0 amide bonds. The van der Waals surface area contributed by atoms with E-state index in [1.165, 1.54) is 0 Å². The number of allylic oxidation sites excluding steroid dienone is 5. The predicted octanol–water partition coefficient (Wildman–Crippen LogP) is 2.92. The van der Waals surface area contributed by atoms with Crippen LogP contribution in [0.5, 0.6) is 11.5 Å². The van der Waals surface area contributed by atoms with Gasteiger partial charge in [0.15, 0.2) is 11.5 Å². The van der Waals surface area contributed by atoms with Gasteiger partial charge in [-0.1, -0.05) is 6.07 Å². The summed E-state index contributed by atoms with van der Waals surface area (Å²) in [6, 6.07) is 5.93. The summed E-state index contributed by atoms with van der Waals surface area (Å²) in [4.78, 5) is 4.30. The number of aliphatic imine (C=N–C) groups is 1. The lowest BCUT2D eigenvalue weighted by molar-refractivity contribution is 0.174. The second-order valence-corrected chi connectivity index (χ2v) is 4.69. The molecule has 0 aromatic heterocycles. The smallest absolute Gasteiger partial charge is 0.231 e. The largest absolute Gasteiger partial charge is 0.454 e. The molecule has 2 aliphatic rings. The van der Waals surface area contributed by atoms with Gasteiger partial charge < -0.3 is 15.2 Å². The predicted molar refractivity (Wildman–Crippen MR) is 89.8 cm³/mol. The van der Waals surface area contributed by atoms with Crippen molar-refractivity contribution in [2.24, 2.45) is 10.7 Å². The molecule has 1 aromatic carbocycles. The van der Waals surface area contributed by atoms with Crippen LogP contribution in [0.4, 0.5) is 0 Å². The SMILES string of the molecule is C#C.CN=C1C=CC(N)=C/C1=C(/C)c1ccc2c(c1)OCO2. The Hall–Kier alpha value is -2.93. The first-order valence-electron chi connectivity index (χ1n) is 6.75. The second-order valence-electron chi connectivity index (χ2n) is 4.69. The minimum absolute atomic E-state index is 0.283. The number of terminal acetylenes is 1. The Bertz CT molecular complexity index is 722. The number of nitrogens with two attached hydrogens (primary N) is 1. The molecule has 0 atom stereocenters. The zero-order valence-corrected chi connectivity index (χ0v) is 12.7. The molecule has 22 heavy (non-hydrogen) atoms. The minimum Gasteiger partial charge on any atom is -0.454 e. The average Bonchev–Trinajstić information content (AvgIpc) is 3.03. The van der Waals surface area contributed by atoms with Crippen molar-refractivity contribution >= 4 is 11.3 Å². The monoisotopic (exact) mass is 294 g/mol. The molecule has 1 aliphatic carbocycles. The summed E-state index contributed by atoms with van der Waals surface area (Å²) >= 11 is 0. The summed E-state index contributed by atoms with van der Waals surface area (Å²) in [5.41, 5.74) is 10.8. The zero-order valence-electron chi connectivity index (χ0n) is 12.7. The van der Waals surface area contributed by atoms with Crippen LogP contribution < -0.4 is 15.2 Å². The van der Waals surface area contributed by atoms with Crippen molar-refractivity contribution in [3.05, 3.63) is 53.3 Å². The van der Waals surface area contributed by atoms with Crippen molar-refractivity contribution in [1.29, 1.82) is 0 Å². The van der Waals surface area contributed by atoms with Gasteiger partial charge in [-0.2, -0.15) is 0 Å². The topological polar surface area (TPSA) is 56.8 Å². The van der Waals surface area contributed by atoms with E-state index in [0.717, 1.165) is 39.6 Å². The molecule has 1 aromatic rings. The number of fused-ring (bicyclic) bond motifs is 1. The molecule has 3 rings (SSSR count). The molecule has 0 radical (unpaired) electrons. The molecule has 112 valence electrons. The number of hydrogen-bond acceptors (Lipinski definition) is 4. The van der Waals surface area contributed by atoms with E-state index in [1.54, 1.807) is 7.05 Å². The van der Waals surface area contributed by atoms with Gasteiger partial charge in [0.25, 0.3) is 0 Å². The first-order chi connectivity index (χ1) is 10.7. The van der Waals surface area contributed by atoms with Crippen molar-refractivity contribution in [2.45, 2.75) is 6.92 Å². The van der Waals surface area contributed by atoms with Gasteiger partial charge in [0.2, 0.25) is 6.79 Å².